The van der Waals surface area contributed by atoms with E-state index in [9.17, 15) is 0 Å². The van der Waals surface area contributed by atoms with Gasteiger partial charge in [-0.2, -0.15) is 0 Å². The lowest BCUT2D eigenvalue weighted by atomic mass is 9.99. The van der Waals surface area contributed by atoms with Gasteiger partial charge in [0, 0.05) is 23.5 Å². The summed E-state index contributed by atoms with van der Waals surface area (Å²) in [6.07, 6.45) is 5.47. The number of nitrogens with zero attached hydrogens (tertiary/aromatic N) is 1. The first-order valence-electron chi connectivity index (χ1n) is 7.09. The molecule has 0 saturated carbocycles. The Morgan fingerprint density at radius 2 is 1.83 bits per heavy atom. The Hall–Kier alpha value is -0.340. The molecule has 0 spiro atoms. The number of alkyl halides is 1. The number of rotatable bonds is 2. The lowest BCUT2D eigenvalue weighted by Crippen LogP contribution is -2.42. The van der Waals surface area contributed by atoms with E-state index in [2.05, 4.69) is 52.9 Å². The van der Waals surface area contributed by atoms with Gasteiger partial charge in [0.15, 0.2) is 0 Å². The largest absolute Gasteiger partial charge is 0.293 e. The van der Waals surface area contributed by atoms with Crippen LogP contribution in [0, 0.1) is 13.8 Å². The second-order valence-corrected chi connectivity index (χ2v) is 7.35. The van der Waals surface area contributed by atoms with Crippen molar-refractivity contribution in [3.05, 3.63) is 34.9 Å². The zero-order chi connectivity index (χ0) is 12.7. The molecule has 1 nitrogen and oxygen atoms in total. The predicted molar refractivity (Wildman–Crippen MR) is 80.2 cm³/mol. The Balaban J connectivity index is 1.79. The molecule has 0 radical (unpaired) electrons. The summed E-state index contributed by atoms with van der Waals surface area (Å²) in [6, 6.07) is 8.48. The minimum atomic E-state index is 0.754. The van der Waals surface area contributed by atoms with Gasteiger partial charge >= 0.3 is 0 Å². The topological polar surface area (TPSA) is 3.24 Å². The molecule has 0 aromatic heterocycles. The summed E-state index contributed by atoms with van der Waals surface area (Å²) < 4.78 is 0. The van der Waals surface area contributed by atoms with Gasteiger partial charge in [-0.1, -0.05) is 39.7 Å². The summed E-state index contributed by atoms with van der Waals surface area (Å²) in [5.41, 5.74) is 4.36. The van der Waals surface area contributed by atoms with Crippen LogP contribution in [0.25, 0.3) is 0 Å². The first kappa shape index (κ1) is 12.7. The third kappa shape index (κ3) is 2.37. The number of hydrogen-bond donors (Lipinski definition) is 0. The molecule has 2 bridgehead atoms. The summed E-state index contributed by atoms with van der Waals surface area (Å²) in [4.78, 5) is 3.52. The molecule has 2 aliphatic heterocycles. The van der Waals surface area contributed by atoms with Gasteiger partial charge in [0.1, 0.15) is 0 Å². The summed E-state index contributed by atoms with van der Waals surface area (Å²) in [5, 5.41) is 0. The molecule has 2 heteroatoms. The zero-order valence-electron chi connectivity index (χ0n) is 11.3. The highest BCUT2D eigenvalue weighted by molar-refractivity contribution is 9.09. The summed E-state index contributed by atoms with van der Waals surface area (Å²) >= 11 is 3.82. The summed E-state index contributed by atoms with van der Waals surface area (Å²) in [5.74, 6) is 0. The van der Waals surface area contributed by atoms with Crippen LogP contribution in [0.15, 0.2) is 18.2 Å². The van der Waals surface area contributed by atoms with E-state index in [-0.39, 0.29) is 0 Å². The second-order valence-electron chi connectivity index (χ2n) is 6.06. The number of piperidine rings is 1. The maximum Gasteiger partial charge on any atom is 0.0242 e. The minimum absolute atomic E-state index is 0.754. The molecule has 2 fully saturated rings. The second kappa shape index (κ2) is 4.97. The van der Waals surface area contributed by atoms with Crippen LogP contribution in [0.1, 0.15) is 42.4 Å². The molecule has 1 aromatic rings. The van der Waals surface area contributed by atoms with Crippen molar-refractivity contribution >= 4 is 15.9 Å². The van der Waals surface area contributed by atoms with Gasteiger partial charge in [0.05, 0.1) is 0 Å². The molecular weight excluding hydrogens is 286 g/mol. The van der Waals surface area contributed by atoms with Gasteiger partial charge in [-0.15, -0.1) is 0 Å². The van der Waals surface area contributed by atoms with Crippen molar-refractivity contribution in [1.29, 1.82) is 0 Å². The fourth-order valence-corrected chi connectivity index (χ4v) is 4.50. The van der Waals surface area contributed by atoms with Crippen LogP contribution >= 0.6 is 15.9 Å². The Bertz CT molecular complexity index is 429. The Morgan fingerprint density at radius 1 is 1.17 bits per heavy atom. The lowest BCUT2D eigenvalue weighted by molar-refractivity contribution is 0.136. The first-order valence-corrected chi connectivity index (χ1v) is 8.01. The van der Waals surface area contributed by atoms with E-state index in [0.29, 0.717) is 0 Å². The summed E-state index contributed by atoms with van der Waals surface area (Å²) in [7, 11) is 0. The number of halogens is 1. The van der Waals surface area contributed by atoms with E-state index in [1.165, 1.54) is 42.4 Å². The van der Waals surface area contributed by atoms with Crippen molar-refractivity contribution in [2.45, 2.75) is 63.0 Å². The average molecular weight is 308 g/mol. The minimum Gasteiger partial charge on any atom is -0.293 e. The van der Waals surface area contributed by atoms with Crippen molar-refractivity contribution in [2.75, 3.05) is 0 Å². The number of benzene rings is 1. The van der Waals surface area contributed by atoms with E-state index in [4.69, 9.17) is 0 Å². The molecule has 0 aliphatic carbocycles. The van der Waals surface area contributed by atoms with E-state index in [0.717, 1.165) is 23.5 Å². The first-order chi connectivity index (χ1) is 8.63. The number of fused-ring (bicyclic) bond motifs is 2. The molecule has 3 rings (SSSR count). The van der Waals surface area contributed by atoms with E-state index >= 15 is 0 Å². The van der Waals surface area contributed by atoms with Gasteiger partial charge in [-0.3, -0.25) is 4.90 Å². The molecule has 2 unspecified atom stereocenters. The zero-order valence-corrected chi connectivity index (χ0v) is 12.9. The van der Waals surface area contributed by atoms with Crippen LogP contribution in [0.3, 0.4) is 0 Å². The molecule has 98 valence electrons. The van der Waals surface area contributed by atoms with Gasteiger partial charge in [0.25, 0.3) is 0 Å². The predicted octanol–water partition coefficient (Wildman–Crippen LogP) is 4.19. The normalized spacial score (nSPS) is 31.8. The van der Waals surface area contributed by atoms with Crippen molar-refractivity contribution in [1.82, 2.24) is 4.90 Å². The molecule has 1 aromatic carbocycles. The van der Waals surface area contributed by atoms with Gasteiger partial charge in [-0.25, -0.2) is 0 Å². The highest BCUT2D eigenvalue weighted by Gasteiger charge is 2.39. The molecule has 0 amide bonds. The van der Waals surface area contributed by atoms with Crippen LogP contribution in [0.2, 0.25) is 0 Å². The third-order valence-corrected chi connectivity index (χ3v) is 5.43. The Kier molecular flexibility index (Phi) is 3.50. The van der Waals surface area contributed by atoms with Crippen LogP contribution in [0.5, 0.6) is 0 Å². The molecule has 2 heterocycles. The molecule has 2 aliphatic rings. The van der Waals surface area contributed by atoms with Gasteiger partial charge in [0.2, 0.25) is 0 Å². The Morgan fingerprint density at radius 3 is 2.50 bits per heavy atom. The number of hydrogen-bond acceptors (Lipinski definition) is 1. The smallest absolute Gasteiger partial charge is 0.0242 e. The molecule has 2 saturated heterocycles. The molecule has 2 atom stereocenters. The highest BCUT2D eigenvalue weighted by atomic mass is 79.9. The van der Waals surface area contributed by atoms with Gasteiger partial charge < -0.3 is 0 Å². The van der Waals surface area contributed by atoms with E-state index in [1.807, 2.05) is 0 Å². The molecule has 0 N–H and O–H groups in total. The van der Waals surface area contributed by atoms with Crippen molar-refractivity contribution < 1.29 is 0 Å². The van der Waals surface area contributed by atoms with Crippen LogP contribution in [0.4, 0.5) is 0 Å². The fourth-order valence-electron chi connectivity index (χ4n) is 3.63. The lowest BCUT2D eigenvalue weighted by Gasteiger charge is -2.37. The molecular formula is C16H22BrN. The Labute approximate surface area is 119 Å². The van der Waals surface area contributed by atoms with Crippen LogP contribution < -0.4 is 0 Å². The van der Waals surface area contributed by atoms with Crippen LogP contribution in [-0.2, 0) is 6.54 Å². The van der Waals surface area contributed by atoms with Crippen molar-refractivity contribution in [2.24, 2.45) is 0 Å². The van der Waals surface area contributed by atoms with Crippen LogP contribution in [-0.4, -0.2) is 21.8 Å². The SMILES string of the molecule is Cc1ccc(C)c(CN2C3CCC2CC(Br)C3)c1. The average Bonchev–Trinajstić information content (AvgIpc) is 2.57. The van der Waals surface area contributed by atoms with E-state index < -0.39 is 0 Å². The monoisotopic (exact) mass is 307 g/mol. The maximum absolute atomic E-state index is 3.82. The van der Waals surface area contributed by atoms with E-state index in [1.54, 1.807) is 0 Å². The maximum atomic E-state index is 3.82. The van der Waals surface area contributed by atoms with Crippen molar-refractivity contribution in [3.8, 4) is 0 Å². The van der Waals surface area contributed by atoms with Crippen molar-refractivity contribution in [3.63, 3.8) is 0 Å². The fraction of sp³-hybridized carbons (Fsp3) is 0.625. The summed E-state index contributed by atoms with van der Waals surface area (Å²) in [6.45, 7) is 5.60. The molecule has 18 heavy (non-hydrogen) atoms. The third-order valence-electron chi connectivity index (χ3n) is 4.68. The highest BCUT2D eigenvalue weighted by Crippen LogP contribution is 2.39. The van der Waals surface area contributed by atoms with Gasteiger partial charge in [-0.05, 0) is 50.7 Å². The quantitative estimate of drug-likeness (QED) is 0.740. The standard InChI is InChI=1S/C16H22BrN/c1-11-3-4-12(2)13(7-11)10-18-15-5-6-16(18)9-14(17)8-15/h3-4,7,14-16H,5-6,8-10H2,1-2H3. The number of aryl methyl sites for hydroxylation is 2.